The van der Waals surface area contributed by atoms with Gasteiger partial charge in [0.2, 0.25) is 0 Å². The van der Waals surface area contributed by atoms with Gasteiger partial charge in [-0.2, -0.15) is 5.26 Å². The zero-order valence-corrected chi connectivity index (χ0v) is 13.4. The molecule has 0 spiro atoms. The van der Waals surface area contributed by atoms with Crippen LogP contribution in [0.2, 0.25) is 0 Å². The summed E-state index contributed by atoms with van der Waals surface area (Å²) in [5.74, 6) is 1.43. The average Bonchev–Trinajstić information content (AvgIpc) is 2.78. The van der Waals surface area contributed by atoms with E-state index in [1.165, 1.54) is 18.4 Å². The molecule has 4 atom stereocenters. The third-order valence-corrected chi connectivity index (χ3v) is 4.93. The van der Waals surface area contributed by atoms with E-state index >= 15 is 0 Å². The van der Waals surface area contributed by atoms with Crippen molar-refractivity contribution in [2.75, 3.05) is 6.54 Å². The Bertz CT molecular complexity index is 496. The molecule has 3 rings (SSSR count). The summed E-state index contributed by atoms with van der Waals surface area (Å²) in [7, 11) is 0. The molecule has 0 amide bonds. The van der Waals surface area contributed by atoms with Gasteiger partial charge in [0.15, 0.2) is 0 Å². The number of nitrogens with zero attached hydrogens (tertiary/aromatic N) is 2. The SMILES string of the molecule is C/C=C\C.CC(c1ccccc1)N1CC2CCC2C1C#N. The standard InChI is InChI=1S/C15H18N2.C4H8/c1-11(12-5-3-2-4-6-12)17-10-13-7-8-14(13)15(17)9-16;1-3-4-2/h2-6,11,13-15H,7-8,10H2,1H3;3-4H,1-2H3/b;4-3-. The fourth-order valence-electron chi connectivity index (χ4n) is 3.36. The highest BCUT2D eigenvalue weighted by molar-refractivity contribution is 5.21. The van der Waals surface area contributed by atoms with Gasteiger partial charge in [0.25, 0.3) is 0 Å². The largest absolute Gasteiger partial charge is 0.281 e. The van der Waals surface area contributed by atoms with Crippen molar-refractivity contribution in [2.45, 2.75) is 45.7 Å². The van der Waals surface area contributed by atoms with Crippen molar-refractivity contribution in [1.82, 2.24) is 4.90 Å². The maximum atomic E-state index is 9.36. The topological polar surface area (TPSA) is 27.0 Å². The third-order valence-electron chi connectivity index (χ3n) is 4.93. The first kappa shape index (κ1) is 15.8. The Morgan fingerprint density at radius 1 is 1.19 bits per heavy atom. The van der Waals surface area contributed by atoms with E-state index < -0.39 is 0 Å². The summed E-state index contributed by atoms with van der Waals surface area (Å²) in [6, 6.07) is 13.6. The zero-order valence-electron chi connectivity index (χ0n) is 13.4. The van der Waals surface area contributed by atoms with Crippen molar-refractivity contribution >= 4 is 0 Å². The molecule has 1 aromatic rings. The second kappa shape index (κ2) is 7.43. The van der Waals surface area contributed by atoms with Crippen LogP contribution in [-0.4, -0.2) is 17.5 Å². The Balaban J connectivity index is 0.000000361. The van der Waals surface area contributed by atoms with Crippen LogP contribution >= 0.6 is 0 Å². The summed E-state index contributed by atoms with van der Waals surface area (Å²) in [5.41, 5.74) is 1.33. The molecule has 2 heteroatoms. The molecule has 112 valence electrons. The van der Waals surface area contributed by atoms with E-state index in [2.05, 4.69) is 42.2 Å². The van der Waals surface area contributed by atoms with Crippen LogP contribution in [0.5, 0.6) is 0 Å². The fraction of sp³-hybridized carbons (Fsp3) is 0.526. The maximum Gasteiger partial charge on any atom is 0.101 e. The first-order chi connectivity index (χ1) is 10.2. The molecule has 0 radical (unpaired) electrons. The van der Waals surface area contributed by atoms with Gasteiger partial charge in [0.1, 0.15) is 6.04 Å². The molecule has 1 saturated heterocycles. The van der Waals surface area contributed by atoms with E-state index in [1.807, 2.05) is 32.1 Å². The van der Waals surface area contributed by atoms with Gasteiger partial charge in [-0.3, -0.25) is 4.90 Å². The Morgan fingerprint density at radius 3 is 2.33 bits per heavy atom. The second-order valence-electron chi connectivity index (χ2n) is 6.03. The maximum absolute atomic E-state index is 9.36. The molecular weight excluding hydrogens is 256 g/mol. The van der Waals surface area contributed by atoms with E-state index in [1.54, 1.807) is 0 Å². The zero-order chi connectivity index (χ0) is 15.2. The number of hydrogen-bond donors (Lipinski definition) is 0. The Morgan fingerprint density at radius 2 is 1.86 bits per heavy atom. The number of allylic oxidation sites excluding steroid dienone is 2. The molecule has 2 nitrogen and oxygen atoms in total. The van der Waals surface area contributed by atoms with E-state index in [0.717, 1.165) is 12.5 Å². The molecule has 1 heterocycles. The Kier molecular flexibility index (Phi) is 5.59. The summed E-state index contributed by atoms with van der Waals surface area (Å²) in [5, 5.41) is 9.36. The smallest absolute Gasteiger partial charge is 0.101 e. The minimum Gasteiger partial charge on any atom is -0.281 e. The van der Waals surface area contributed by atoms with Crippen LogP contribution < -0.4 is 0 Å². The van der Waals surface area contributed by atoms with Gasteiger partial charge in [-0.05, 0) is 51.0 Å². The van der Waals surface area contributed by atoms with Crippen LogP contribution in [0.25, 0.3) is 0 Å². The molecule has 21 heavy (non-hydrogen) atoms. The van der Waals surface area contributed by atoms with E-state index in [-0.39, 0.29) is 6.04 Å². The summed E-state index contributed by atoms with van der Waals surface area (Å²) in [4.78, 5) is 2.40. The molecule has 1 aliphatic heterocycles. The van der Waals surface area contributed by atoms with Gasteiger partial charge in [-0.15, -0.1) is 0 Å². The van der Waals surface area contributed by atoms with Crippen molar-refractivity contribution in [3.8, 4) is 6.07 Å². The third kappa shape index (κ3) is 3.36. The number of rotatable bonds is 2. The number of likely N-dealkylation sites (tertiary alicyclic amines) is 1. The van der Waals surface area contributed by atoms with Crippen molar-refractivity contribution in [2.24, 2.45) is 11.8 Å². The molecule has 0 bridgehead atoms. The van der Waals surface area contributed by atoms with Crippen molar-refractivity contribution < 1.29 is 0 Å². The lowest BCUT2D eigenvalue weighted by Crippen LogP contribution is -2.34. The second-order valence-corrected chi connectivity index (χ2v) is 6.03. The van der Waals surface area contributed by atoms with Gasteiger partial charge >= 0.3 is 0 Å². The van der Waals surface area contributed by atoms with Crippen LogP contribution in [0.15, 0.2) is 42.5 Å². The molecule has 1 aliphatic carbocycles. The van der Waals surface area contributed by atoms with Gasteiger partial charge in [-0.25, -0.2) is 0 Å². The first-order valence-electron chi connectivity index (χ1n) is 8.00. The summed E-state index contributed by atoms with van der Waals surface area (Å²) >= 11 is 0. The molecule has 0 N–H and O–H groups in total. The van der Waals surface area contributed by atoms with E-state index in [9.17, 15) is 5.26 Å². The number of nitriles is 1. The molecule has 2 fully saturated rings. The number of hydrogen-bond acceptors (Lipinski definition) is 2. The minimum atomic E-state index is 0.143. The Labute approximate surface area is 129 Å². The first-order valence-corrected chi connectivity index (χ1v) is 8.00. The number of fused-ring (bicyclic) bond motifs is 1. The van der Waals surface area contributed by atoms with Crippen LogP contribution in [0.3, 0.4) is 0 Å². The number of benzene rings is 1. The van der Waals surface area contributed by atoms with E-state index in [4.69, 9.17) is 0 Å². The predicted octanol–water partition coefficient (Wildman–Crippen LogP) is 4.56. The molecule has 2 aliphatic rings. The van der Waals surface area contributed by atoms with Gasteiger partial charge in [-0.1, -0.05) is 42.5 Å². The van der Waals surface area contributed by atoms with E-state index in [0.29, 0.717) is 12.0 Å². The van der Waals surface area contributed by atoms with Gasteiger partial charge in [0.05, 0.1) is 6.07 Å². The fourth-order valence-corrected chi connectivity index (χ4v) is 3.36. The lowest BCUT2D eigenvalue weighted by molar-refractivity contribution is 0.199. The van der Waals surface area contributed by atoms with Gasteiger partial charge < -0.3 is 0 Å². The summed E-state index contributed by atoms with van der Waals surface area (Å²) < 4.78 is 0. The van der Waals surface area contributed by atoms with Gasteiger partial charge in [0, 0.05) is 12.6 Å². The van der Waals surface area contributed by atoms with Crippen molar-refractivity contribution in [1.29, 1.82) is 5.26 Å². The minimum absolute atomic E-state index is 0.143. The summed E-state index contributed by atoms with van der Waals surface area (Å²) in [6.07, 6.45) is 6.57. The molecule has 0 aromatic heterocycles. The Hall–Kier alpha value is -1.59. The average molecular weight is 282 g/mol. The van der Waals surface area contributed by atoms with Crippen molar-refractivity contribution in [3.05, 3.63) is 48.0 Å². The highest BCUT2D eigenvalue weighted by atomic mass is 15.2. The molecule has 4 unspecified atom stereocenters. The lowest BCUT2D eigenvalue weighted by atomic mass is 9.73. The highest BCUT2D eigenvalue weighted by Gasteiger charge is 2.48. The molecule has 1 saturated carbocycles. The van der Waals surface area contributed by atoms with Crippen LogP contribution in [0.1, 0.15) is 45.2 Å². The van der Waals surface area contributed by atoms with Crippen LogP contribution in [0, 0.1) is 23.2 Å². The van der Waals surface area contributed by atoms with Crippen LogP contribution in [0.4, 0.5) is 0 Å². The quantitative estimate of drug-likeness (QED) is 0.743. The molecule has 1 aromatic carbocycles. The predicted molar refractivity (Wildman–Crippen MR) is 87.7 cm³/mol. The summed E-state index contributed by atoms with van der Waals surface area (Å²) in [6.45, 7) is 7.34. The lowest BCUT2D eigenvalue weighted by Gasteiger charge is -2.31. The normalized spacial score (nSPS) is 29.0. The van der Waals surface area contributed by atoms with Crippen LogP contribution in [-0.2, 0) is 0 Å². The monoisotopic (exact) mass is 282 g/mol. The molecular formula is C19H26N2. The van der Waals surface area contributed by atoms with Crippen molar-refractivity contribution in [3.63, 3.8) is 0 Å². The highest BCUT2D eigenvalue weighted by Crippen LogP contribution is 2.47.